The van der Waals surface area contributed by atoms with Crippen LogP contribution < -0.4 is 15.5 Å². The van der Waals surface area contributed by atoms with Gasteiger partial charge in [0.05, 0.1) is 34.4 Å². The number of nitrogens with one attached hydrogen (secondary N) is 2. The number of nitriles is 1. The van der Waals surface area contributed by atoms with E-state index in [1.165, 1.54) is 10.7 Å². The zero-order valence-electron chi connectivity index (χ0n) is 35.8. The Morgan fingerprint density at radius 3 is 2.29 bits per heavy atom. The Bertz CT molecular complexity index is 2670. The first-order valence-corrected chi connectivity index (χ1v) is 22.4. The first kappa shape index (κ1) is 40.9. The van der Waals surface area contributed by atoms with Crippen molar-refractivity contribution >= 4 is 51.4 Å². The van der Waals surface area contributed by atoms with Gasteiger partial charge in [-0.05, 0) is 113 Å². The molecule has 2 aromatic carbocycles. The quantitative estimate of drug-likeness (QED) is 0.186. The van der Waals surface area contributed by atoms with Gasteiger partial charge in [0, 0.05) is 98.4 Å². The number of fused-ring (bicyclic) bond motifs is 3. The molecule has 3 saturated heterocycles. The maximum atomic E-state index is 13.6. The molecule has 1 unspecified atom stereocenters. The molecule has 0 radical (unpaired) electrons. The van der Waals surface area contributed by atoms with Gasteiger partial charge in [-0.15, -0.1) is 0 Å². The Morgan fingerprint density at radius 1 is 0.873 bits per heavy atom. The van der Waals surface area contributed by atoms with E-state index in [9.17, 15) is 29.5 Å². The van der Waals surface area contributed by atoms with Gasteiger partial charge in [0.15, 0.2) is 0 Å². The first-order valence-electron chi connectivity index (χ1n) is 22.4. The molecule has 326 valence electrons. The molecule has 1 saturated carbocycles. The van der Waals surface area contributed by atoms with E-state index in [2.05, 4.69) is 53.4 Å². The summed E-state index contributed by atoms with van der Waals surface area (Å²) < 4.78 is 3.59. The lowest BCUT2D eigenvalue weighted by atomic mass is 9.89. The molecule has 16 nitrogen and oxygen atoms in total. The Labute approximate surface area is 365 Å². The molecule has 10 rings (SSSR count). The van der Waals surface area contributed by atoms with E-state index >= 15 is 0 Å². The number of rotatable bonds is 8. The van der Waals surface area contributed by atoms with Gasteiger partial charge in [0.2, 0.25) is 11.8 Å². The number of imide groups is 1. The van der Waals surface area contributed by atoms with Crippen LogP contribution in [0.1, 0.15) is 109 Å². The van der Waals surface area contributed by atoms with Gasteiger partial charge >= 0.3 is 0 Å². The molecule has 3 aromatic heterocycles. The zero-order chi connectivity index (χ0) is 43.6. The summed E-state index contributed by atoms with van der Waals surface area (Å²) in [6.45, 7) is 10.0. The summed E-state index contributed by atoms with van der Waals surface area (Å²) in [5.74, 6) is -1.16. The lowest BCUT2D eigenvalue weighted by molar-refractivity contribution is -0.136. The summed E-state index contributed by atoms with van der Waals surface area (Å²) in [7, 11) is 0. The van der Waals surface area contributed by atoms with Crippen molar-refractivity contribution < 1.29 is 24.3 Å². The molecule has 4 amide bonds. The molecule has 1 atom stereocenters. The number of piperidine rings is 2. The highest BCUT2D eigenvalue weighted by molar-refractivity contribution is 6.06. The molecular formula is C47H53N11O5. The van der Waals surface area contributed by atoms with Crippen LogP contribution in [0.25, 0.3) is 16.4 Å². The Balaban J connectivity index is 0.714. The summed E-state index contributed by atoms with van der Waals surface area (Å²) in [4.78, 5) is 60.3. The maximum absolute atomic E-state index is 13.6. The zero-order valence-corrected chi connectivity index (χ0v) is 35.8. The Kier molecular flexibility index (Phi) is 10.5. The number of benzene rings is 2. The van der Waals surface area contributed by atoms with E-state index in [4.69, 9.17) is 5.10 Å². The Hall–Kier alpha value is -6.15. The molecule has 5 aliphatic rings. The molecule has 0 spiro atoms. The van der Waals surface area contributed by atoms with Crippen LogP contribution in [0.3, 0.4) is 0 Å². The molecular weight excluding hydrogens is 799 g/mol. The van der Waals surface area contributed by atoms with Gasteiger partial charge in [0.1, 0.15) is 17.8 Å². The van der Waals surface area contributed by atoms with Gasteiger partial charge in [-0.25, -0.2) is 4.52 Å². The fourth-order valence-electron chi connectivity index (χ4n) is 10.7. The highest BCUT2D eigenvalue weighted by Gasteiger charge is 2.40. The molecule has 63 heavy (non-hydrogen) atoms. The van der Waals surface area contributed by atoms with Gasteiger partial charge in [0.25, 0.3) is 11.8 Å². The lowest BCUT2D eigenvalue weighted by Gasteiger charge is -2.46. The van der Waals surface area contributed by atoms with E-state index in [1.54, 1.807) is 36.9 Å². The SMILES string of the molecule is CC(C)(O)c1cc2nn(C3CCC(N4CCN(C5CCN(c6ccc7c(c6)CN(C6CCC(=O)NC6=O)C7=O)CC5)CC4)CC3)cc2cc1NC(=O)c1ccc2cc(C#N)cnn12. The van der Waals surface area contributed by atoms with E-state index < -0.39 is 11.6 Å². The maximum Gasteiger partial charge on any atom is 0.274 e. The normalized spacial score (nSPS) is 23.0. The van der Waals surface area contributed by atoms with Crippen molar-refractivity contribution in [1.29, 1.82) is 5.26 Å². The van der Waals surface area contributed by atoms with Crippen LogP contribution in [-0.4, -0.2) is 120 Å². The van der Waals surface area contributed by atoms with Crippen molar-refractivity contribution in [3.63, 3.8) is 0 Å². The molecule has 3 N–H and O–H groups in total. The van der Waals surface area contributed by atoms with Crippen molar-refractivity contribution in [3.8, 4) is 6.07 Å². The van der Waals surface area contributed by atoms with Crippen LogP contribution in [0.4, 0.5) is 11.4 Å². The molecule has 1 aliphatic carbocycles. The average Bonchev–Trinajstić information content (AvgIpc) is 4.00. The molecule has 0 bridgehead atoms. The fraction of sp³-hybridized carbons (Fsp3) is 0.468. The number of aliphatic hydroxyl groups is 1. The largest absolute Gasteiger partial charge is 0.386 e. The average molecular weight is 852 g/mol. The third kappa shape index (κ3) is 7.83. The standard InChI is InChI=1S/C47H53N11O5/c1-47(2,63)38-24-39-31(23-40(38)50-45(61)42-10-8-36-21-29(25-48)26-49-58(36)42)28-57(52-39)34-5-3-32(4-6-34)54-17-19-55(20-18-54)33-13-15-53(16-14-33)35-7-9-37-30(22-35)27-56(46(37)62)41-11-12-43(59)51-44(41)60/h7-10,21-24,26,28,32-34,41,63H,3-6,11-20,27H2,1-2H3,(H,50,61)(H,51,59,60). The summed E-state index contributed by atoms with van der Waals surface area (Å²) in [6.07, 6.45) is 10.6. The number of piperazine rings is 1. The van der Waals surface area contributed by atoms with Gasteiger partial charge in [-0.2, -0.15) is 15.5 Å². The van der Waals surface area contributed by atoms with Gasteiger partial charge in [-0.3, -0.25) is 39.0 Å². The number of hydrogen-bond donors (Lipinski definition) is 3. The van der Waals surface area contributed by atoms with Crippen LogP contribution in [0.2, 0.25) is 0 Å². The summed E-state index contributed by atoms with van der Waals surface area (Å²) in [5.41, 5.74) is 4.72. The predicted octanol–water partition coefficient (Wildman–Crippen LogP) is 4.57. The number of carbonyl (C=O) groups excluding carboxylic acids is 4. The van der Waals surface area contributed by atoms with Gasteiger partial charge in [-0.1, -0.05) is 0 Å². The van der Waals surface area contributed by atoms with E-state index in [0.29, 0.717) is 58.6 Å². The highest BCUT2D eigenvalue weighted by atomic mass is 16.3. The van der Waals surface area contributed by atoms with Crippen molar-refractivity contribution in [2.75, 3.05) is 49.5 Å². The van der Waals surface area contributed by atoms with E-state index in [0.717, 1.165) is 99.9 Å². The summed E-state index contributed by atoms with van der Waals surface area (Å²) in [6, 6.07) is 17.8. The third-order valence-corrected chi connectivity index (χ3v) is 14.2. The predicted molar refractivity (Wildman–Crippen MR) is 235 cm³/mol. The fourth-order valence-corrected chi connectivity index (χ4v) is 10.7. The minimum absolute atomic E-state index is 0.134. The van der Waals surface area contributed by atoms with E-state index in [1.807, 2.05) is 24.3 Å². The van der Waals surface area contributed by atoms with Crippen molar-refractivity contribution in [1.82, 2.24) is 39.4 Å². The second kappa shape index (κ2) is 16.2. The number of hydrogen-bond acceptors (Lipinski definition) is 11. The lowest BCUT2D eigenvalue weighted by Crippen LogP contribution is -2.55. The number of aromatic nitrogens is 4. The van der Waals surface area contributed by atoms with Crippen LogP contribution in [-0.2, 0) is 21.7 Å². The molecule has 5 aromatic rings. The van der Waals surface area contributed by atoms with Crippen LogP contribution in [0.15, 0.2) is 60.9 Å². The number of amides is 4. The monoisotopic (exact) mass is 851 g/mol. The van der Waals surface area contributed by atoms with Crippen molar-refractivity contribution in [3.05, 3.63) is 88.9 Å². The highest BCUT2D eigenvalue weighted by Crippen LogP contribution is 2.37. The topological polar surface area (TPSA) is 184 Å². The minimum Gasteiger partial charge on any atom is -0.386 e. The Morgan fingerprint density at radius 2 is 1.59 bits per heavy atom. The number of nitrogens with zero attached hydrogens (tertiary/aromatic N) is 9. The molecule has 16 heteroatoms. The van der Waals surface area contributed by atoms with Crippen LogP contribution in [0.5, 0.6) is 0 Å². The van der Waals surface area contributed by atoms with Crippen LogP contribution in [0, 0.1) is 11.3 Å². The molecule has 7 heterocycles. The first-order chi connectivity index (χ1) is 30.4. The van der Waals surface area contributed by atoms with Crippen molar-refractivity contribution in [2.45, 2.75) is 102 Å². The number of carbonyl (C=O) groups is 4. The third-order valence-electron chi connectivity index (χ3n) is 14.2. The number of anilines is 2. The minimum atomic E-state index is -1.24. The van der Waals surface area contributed by atoms with Crippen molar-refractivity contribution in [2.24, 2.45) is 0 Å². The van der Waals surface area contributed by atoms with E-state index in [-0.39, 0.29) is 36.1 Å². The second-order valence-electron chi connectivity index (χ2n) is 18.5. The van der Waals surface area contributed by atoms with Gasteiger partial charge < -0.3 is 20.2 Å². The second-order valence-corrected chi connectivity index (χ2v) is 18.5. The molecule has 4 fully saturated rings. The summed E-state index contributed by atoms with van der Waals surface area (Å²) >= 11 is 0. The molecule has 4 aliphatic heterocycles. The smallest absolute Gasteiger partial charge is 0.274 e. The summed E-state index contributed by atoms with van der Waals surface area (Å²) in [5, 5.41) is 36.0. The van der Waals surface area contributed by atoms with Crippen LogP contribution >= 0.6 is 0 Å².